The molecule has 13 nitrogen and oxygen atoms in total. The third kappa shape index (κ3) is 9.25. The Labute approximate surface area is 196 Å². The van der Waals surface area contributed by atoms with Crippen molar-refractivity contribution in [3.63, 3.8) is 0 Å². The number of rotatable bonds is 11. The highest BCUT2D eigenvalue weighted by Crippen LogP contribution is 2.39. The van der Waals surface area contributed by atoms with Gasteiger partial charge < -0.3 is 28.4 Å². The van der Waals surface area contributed by atoms with Gasteiger partial charge in [-0.2, -0.15) is 0 Å². The lowest BCUT2D eigenvalue weighted by molar-refractivity contribution is -0.167. The Morgan fingerprint density at radius 1 is 0.853 bits per heavy atom. The van der Waals surface area contributed by atoms with Crippen LogP contribution in [0.5, 0.6) is 0 Å². The zero-order valence-electron chi connectivity index (χ0n) is 19.5. The van der Waals surface area contributed by atoms with E-state index in [9.17, 15) is 24.0 Å². The first kappa shape index (κ1) is 26.9. The molecule has 1 heterocycles. The number of hydrogen-bond donors (Lipinski definition) is 0. The molecule has 2 rings (SSSR count). The van der Waals surface area contributed by atoms with Crippen molar-refractivity contribution in [1.82, 2.24) is 9.80 Å². The van der Waals surface area contributed by atoms with E-state index < -0.39 is 50.1 Å². The van der Waals surface area contributed by atoms with E-state index >= 15 is 0 Å². The van der Waals surface area contributed by atoms with Crippen LogP contribution < -0.4 is 0 Å². The first-order chi connectivity index (χ1) is 16.1. The second kappa shape index (κ2) is 12.8. The predicted molar refractivity (Wildman–Crippen MR) is 112 cm³/mol. The largest absolute Gasteiger partial charge is 0.463 e. The molecule has 0 bridgehead atoms. The van der Waals surface area contributed by atoms with E-state index in [4.69, 9.17) is 18.9 Å². The summed E-state index contributed by atoms with van der Waals surface area (Å²) in [5.41, 5.74) is 0.134. The van der Waals surface area contributed by atoms with Gasteiger partial charge in [0.15, 0.2) is 13.2 Å². The molecule has 1 saturated heterocycles. The van der Waals surface area contributed by atoms with Crippen molar-refractivity contribution in [3.8, 4) is 0 Å². The SMILES string of the molecule is C=C(C)C(=O)OCOC(=O)COC(=O)N(C)CN(C)C(=O)OCC(=O)OCC1CCC2OC2C1. The van der Waals surface area contributed by atoms with Crippen molar-refractivity contribution in [3.05, 3.63) is 12.2 Å². The van der Waals surface area contributed by atoms with Gasteiger partial charge in [0, 0.05) is 19.7 Å². The van der Waals surface area contributed by atoms with Crippen molar-refractivity contribution >= 4 is 30.1 Å². The highest BCUT2D eigenvalue weighted by molar-refractivity contribution is 5.87. The average molecular weight is 486 g/mol. The van der Waals surface area contributed by atoms with E-state index in [-0.39, 0.29) is 30.9 Å². The minimum absolute atomic E-state index is 0.134. The zero-order chi connectivity index (χ0) is 25.3. The maximum Gasteiger partial charge on any atom is 0.411 e. The predicted octanol–water partition coefficient (Wildman–Crippen LogP) is 0.811. The fourth-order valence-corrected chi connectivity index (χ4v) is 3.10. The molecule has 2 aliphatic rings. The van der Waals surface area contributed by atoms with E-state index in [1.807, 2.05) is 0 Å². The van der Waals surface area contributed by atoms with Crippen molar-refractivity contribution < 1.29 is 52.4 Å². The zero-order valence-corrected chi connectivity index (χ0v) is 19.5. The lowest BCUT2D eigenvalue weighted by Crippen LogP contribution is -2.41. The van der Waals surface area contributed by atoms with Crippen molar-refractivity contribution in [2.45, 2.75) is 38.4 Å². The monoisotopic (exact) mass is 486 g/mol. The first-order valence-corrected chi connectivity index (χ1v) is 10.6. The summed E-state index contributed by atoms with van der Waals surface area (Å²) in [6, 6.07) is 0. The molecule has 0 aromatic rings. The number of hydrogen-bond acceptors (Lipinski definition) is 11. The molecule has 2 fully saturated rings. The van der Waals surface area contributed by atoms with Gasteiger partial charge in [-0.3, -0.25) is 9.80 Å². The summed E-state index contributed by atoms with van der Waals surface area (Å²) >= 11 is 0. The van der Waals surface area contributed by atoms with Gasteiger partial charge in [-0.15, -0.1) is 0 Å². The molecule has 3 atom stereocenters. The van der Waals surface area contributed by atoms with Crippen LogP contribution in [0.25, 0.3) is 0 Å². The standard InChI is InChI=1S/C21H30N2O11/c1-13(2)19(26)33-12-32-18(25)10-31-21(28)23(4)11-22(3)20(27)30-9-17(24)29-8-14-5-6-15-16(7-14)34-15/h14-16H,1,5-12H2,2-4H3. The number of esters is 3. The number of amides is 2. The fourth-order valence-electron chi connectivity index (χ4n) is 3.10. The summed E-state index contributed by atoms with van der Waals surface area (Å²) in [6.07, 6.45) is 1.62. The molecule has 0 spiro atoms. The number of nitrogens with zero attached hydrogens (tertiary/aromatic N) is 2. The van der Waals surface area contributed by atoms with E-state index in [0.29, 0.717) is 6.10 Å². The second-order valence-corrected chi connectivity index (χ2v) is 8.07. The number of carbonyl (C=O) groups excluding carboxylic acids is 5. The second-order valence-electron chi connectivity index (χ2n) is 8.07. The molecular weight excluding hydrogens is 456 g/mol. The Morgan fingerprint density at radius 3 is 2.00 bits per heavy atom. The minimum atomic E-state index is -0.944. The molecule has 34 heavy (non-hydrogen) atoms. The molecule has 1 saturated carbocycles. The van der Waals surface area contributed by atoms with Crippen LogP contribution in [-0.2, 0) is 42.8 Å². The molecule has 1 aliphatic heterocycles. The maximum absolute atomic E-state index is 12.0. The van der Waals surface area contributed by atoms with Gasteiger partial charge in [0.1, 0.15) is 6.67 Å². The summed E-state index contributed by atoms with van der Waals surface area (Å²) in [4.78, 5) is 60.5. The lowest BCUT2D eigenvalue weighted by Gasteiger charge is -2.23. The lowest BCUT2D eigenvalue weighted by atomic mass is 9.90. The van der Waals surface area contributed by atoms with Gasteiger partial charge in [-0.25, -0.2) is 24.0 Å². The molecule has 190 valence electrons. The van der Waals surface area contributed by atoms with Crippen LogP contribution in [0.2, 0.25) is 0 Å². The topological polar surface area (TPSA) is 151 Å². The molecule has 0 aromatic heterocycles. The van der Waals surface area contributed by atoms with Gasteiger partial charge in [-0.1, -0.05) is 6.58 Å². The summed E-state index contributed by atoms with van der Waals surface area (Å²) in [5.74, 6) is -2.10. The number of ether oxygens (including phenoxy) is 6. The van der Waals surface area contributed by atoms with Gasteiger partial charge in [0.05, 0.1) is 18.8 Å². The molecule has 13 heteroatoms. The smallest absolute Gasteiger partial charge is 0.411 e. The van der Waals surface area contributed by atoms with Gasteiger partial charge in [0.2, 0.25) is 6.79 Å². The van der Waals surface area contributed by atoms with E-state index in [0.717, 1.165) is 29.1 Å². The Balaban J connectivity index is 1.56. The first-order valence-electron chi connectivity index (χ1n) is 10.6. The summed E-state index contributed by atoms with van der Waals surface area (Å²) in [5, 5.41) is 0. The molecule has 0 aromatic carbocycles. The van der Waals surface area contributed by atoms with E-state index in [2.05, 4.69) is 16.1 Å². The van der Waals surface area contributed by atoms with Gasteiger partial charge in [-0.05, 0) is 32.1 Å². The van der Waals surface area contributed by atoms with E-state index in [1.165, 1.54) is 21.0 Å². The molecule has 3 unspecified atom stereocenters. The van der Waals surface area contributed by atoms with Crippen LogP contribution in [0, 0.1) is 5.92 Å². The molecule has 0 N–H and O–H groups in total. The quantitative estimate of drug-likeness (QED) is 0.134. The van der Waals surface area contributed by atoms with Crippen LogP contribution >= 0.6 is 0 Å². The third-order valence-electron chi connectivity index (χ3n) is 5.03. The third-order valence-corrected chi connectivity index (χ3v) is 5.03. The Morgan fingerprint density at radius 2 is 1.44 bits per heavy atom. The molecule has 2 amide bonds. The van der Waals surface area contributed by atoms with Gasteiger partial charge in [0.25, 0.3) is 0 Å². The Kier molecular flexibility index (Phi) is 10.1. The Hall–Kier alpha value is -3.35. The summed E-state index contributed by atoms with van der Waals surface area (Å²) in [6.45, 7) is 2.86. The highest BCUT2D eigenvalue weighted by Gasteiger charge is 2.44. The van der Waals surface area contributed by atoms with Crippen LogP contribution in [0.15, 0.2) is 12.2 Å². The van der Waals surface area contributed by atoms with Gasteiger partial charge >= 0.3 is 30.1 Å². The number of epoxide rings is 1. The van der Waals surface area contributed by atoms with Crippen molar-refractivity contribution in [1.29, 1.82) is 0 Å². The van der Waals surface area contributed by atoms with Crippen LogP contribution in [0.1, 0.15) is 26.2 Å². The average Bonchev–Trinajstić information content (AvgIpc) is 3.58. The fraction of sp³-hybridized carbons (Fsp3) is 0.667. The summed E-state index contributed by atoms with van der Waals surface area (Å²) in [7, 11) is 2.66. The summed E-state index contributed by atoms with van der Waals surface area (Å²) < 4.78 is 29.4. The van der Waals surface area contributed by atoms with Crippen LogP contribution in [0.3, 0.4) is 0 Å². The number of fused-ring (bicyclic) bond motifs is 1. The molecule has 1 aliphatic carbocycles. The van der Waals surface area contributed by atoms with E-state index in [1.54, 1.807) is 0 Å². The van der Waals surface area contributed by atoms with Crippen LogP contribution in [0.4, 0.5) is 9.59 Å². The molecular formula is C21H30N2O11. The minimum Gasteiger partial charge on any atom is -0.463 e. The maximum atomic E-state index is 12.0. The highest BCUT2D eigenvalue weighted by atomic mass is 16.7. The van der Waals surface area contributed by atoms with Crippen LogP contribution in [-0.4, -0.2) is 99.5 Å². The number of carbonyl (C=O) groups is 5. The molecule has 0 radical (unpaired) electrons. The normalized spacial score (nSPS) is 20.1. The Bertz CT molecular complexity index is 800. The van der Waals surface area contributed by atoms with Crippen molar-refractivity contribution in [2.24, 2.45) is 5.92 Å². The van der Waals surface area contributed by atoms with Crippen molar-refractivity contribution in [2.75, 3.05) is 47.4 Å².